The summed E-state index contributed by atoms with van der Waals surface area (Å²) in [6.45, 7) is 2.53. The van der Waals surface area contributed by atoms with Crippen LogP contribution in [0.15, 0.2) is 30.3 Å². The van der Waals surface area contributed by atoms with E-state index in [-0.39, 0.29) is 23.3 Å². The van der Waals surface area contributed by atoms with Crippen molar-refractivity contribution in [3.8, 4) is 0 Å². The number of para-hydroxylation sites is 1. The van der Waals surface area contributed by atoms with Gasteiger partial charge in [-0.1, -0.05) is 18.2 Å². The minimum atomic E-state index is -2.95. The van der Waals surface area contributed by atoms with Gasteiger partial charge in [-0.25, -0.2) is 8.42 Å². The molecule has 1 saturated heterocycles. The molecule has 110 valence electrons. The summed E-state index contributed by atoms with van der Waals surface area (Å²) in [4.78, 5) is 14.1. The zero-order valence-corrected chi connectivity index (χ0v) is 12.6. The molecule has 0 radical (unpaired) electrons. The van der Waals surface area contributed by atoms with Crippen LogP contribution in [0.3, 0.4) is 0 Å². The molecule has 1 heterocycles. The van der Waals surface area contributed by atoms with Crippen LogP contribution >= 0.6 is 0 Å². The molecule has 0 spiro atoms. The Hall–Kier alpha value is -1.36. The number of amides is 1. The average Bonchev–Trinajstić information content (AvgIpc) is 2.39. The van der Waals surface area contributed by atoms with Crippen molar-refractivity contribution >= 4 is 21.4 Å². The van der Waals surface area contributed by atoms with Crippen LogP contribution in [0.4, 0.5) is 5.69 Å². The van der Waals surface area contributed by atoms with E-state index in [9.17, 15) is 13.2 Å². The number of hydrogen-bond donors (Lipinski definition) is 0. The summed E-state index contributed by atoms with van der Waals surface area (Å²) in [5.41, 5.74) is 0.874. The number of hydrogen-bond acceptors (Lipinski definition) is 3. The number of benzene rings is 1. The number of sulfone groups is 1. The normalized spacial score (nSPS) is 21.4. The molecule has 0 aliphatic carbocycles. The molecule has 2 rings (SSSR count). The first-order chi connectivity index (χ1) is 9.52. The smallest absolute Gasteiger partial charge is 0.227 e. The minimum absolute atomic E-state index is 0.0146. The lowest BCUT2D eigenvalue weighted by molar-refractivity contribution is -0.119. The summed E-state index contributed by atoms with van der Waals surface area (Å²) in [7, 11) is -2.95. The molecule has 1 aliphatic heterocycles. The van der Waals surface area contributed by atoms with Gasteiger partial charge >= 0.3 is 0 Å². The Morgan fingerprint density at radius 1 is 1.30 bits per heavy atom. The maximum atomic E-state index is 12.4. The van der Waals surface area contributed by atoms with Gasteiger partial charge in [-0.2, -0.15) is 0 Å². The highest BCUT2D eigenvalue weighted by molar-refractivity contribution is 7.91. The average molecular weight is 295 g/mol. The standard InChI is InChI=1S/C15H21NO3S/c1-2-16(14-8-4-3-5-9-14)15(17)11-13-7-6-10-20(18,19)12-13/h3-5,8-9,13H,2,6-7,10-12H2,1H3. The van der Waals surface area contributed by atoms with Crippen LogP contribution in [0.5, 0.6) is 0 Å². The molecule has 0 aromatic heterocycles. The number of carbonyl (C=O) groups is 1. The van der Waals surface area contributed by atoms with Gasteiger partial charge in [0.15, 0.2) is 9.84 Å². The Morgan fingerprint density at radius 2 is 2.00 bits per heavy atom. The van der Waals surface area contributed by atoms with E-state index in [0.29, 0.717) is 19.4 Å². The molecule has 1 atom stereocenters. The van der Waals surface area contributed by atoms with E-state index >= 15 is 0 Å². The SMILES string of the molecule is CCN(C(=O)CC1CCCS(=O)(=O)C1)c1ccccc1. The second-order valence-electron chi connectivity index (χ2n) is 5.30. The van der Waals surface area contributed by atoms with Gasteiger partial charge in [0.05, 0.1) is 11.5 Å². The van der Waals surface area contributed by atoms with Crippen LogP contribution in [0.25, 0.3) is 0 Å². The van der Waals surface area contributed by atoms with Gasteiger partial charge in [0.2, 0.25) is 5.91 Å². The minimum Gasteiger partial charge on any atom is -0.313 e. The zero-order valence-electron chi connectivity index (χ0n) is 11.8. The molecule has 0 saturated carbocycles. The van der Waals surface area contributed by atoms with Crippen LogP contribution in [0.2, 0.25) is 0 Å². The molecule has 1 aliphatic rings. The van der Waals surface area contributed by atoms with E-state index in [1.807, 2.05) is 37.3 Å². The number of anilines is 1. The van der Waals surface area contributed by atoms with Crippen LogP contribution in [-0.4, -0.2) is 32.4 Å². The molecule has 1 unspecified atom stereocenters. The van der Waals surface area contributed by atoms with Gasteiger partial charge in [-0.15, -0.1) is 0 Å². The third-order valence-electron chi connectivity index (χ3n) is 3.71. The van der Waals surface area contributed by atoms with E-state index < -0.39 is 9.84 Å². The summed E-state index contributed by atoms with van der Waals surface area (Å²) in [6, 6.07) is 9.51. The predicted octanol–water partition coefficient (Wildman–Crippen LogP) is 2.25. The molecule has 1 fully saturated rings. The third-order valence-corrected chi connectivity index (χ3v) is 5.60. The quantitative estimate of drug-likeness (QED) is 0.856. The van der Waals surface area contributed by atoms with E-state index in [1.165, 1.54) is 0 Å². The zero-order chi connectivity index (χ0) is 14.6. The van der Waals surface area contributed by atoms with E-state index in [4.69, 9.17) is 0 Å². The first-order valence-electron chi connectivity index (χ1n) is 7.07. The van der Waals surface area contributed by atoms with Gasteiger partial charge < -0.3 is 4.90 Å². The third kappa shape index (κ3) is 3.82. The molecular formula is C15H21NO3S. The molecular weight excluding hydrogens is 274 g/mol. The molecule has 5 heteroatoms. The second-order valence-corrected chi connectivity index (χ2v) is 7.53. The fraction of sp³-hybridized carbons (Fsp3) is 0.533. The highest BCUT2D eigenvalue weighted by Gasteiger charge is 2.28. The Kier molecular flexibility index (Phi) is 4.81. The summed E-state index contributed by atoms with van der Waals surface area (Å²) in [5.74, 6) is 0.415. The number of carbonyl (C=O) groups excluding carboxylic acids is 1. The van der Waals surface area contributed by atoms with Gasteiger partial charge in [0, 0.05) is 18.7 Å². The Balaban J connectivity index is 2.03. The van der Waals surface area contributed by atoms with Crippen LogP contribution in [-0.2, 0) is 14.6 Å². The second kappa shape index (κ2) is 6.39. The first-order valence-corrected chi connectivity index (χ1v) is 8.90. The topological polar surface area (TPSA) is 54.5 Å². The highest BCUT2D eigenvalue weighted by atomic mass is 32.2. The van der Waals surface area contributed by atoms with Gasteiger partial charge in [0.1, 0.15) is 0 Å². The van der Waals surface area contributed by atoms with Crippen molar-refractivity contribution in [3.05, 3.63) is 30.3 Å². The molecule has 0 N–H and O–H groups in total. The van der Waals surface area contributed by atoms with Crippen molar-refractivity contribution in [3.63, 3.8) is 0 Å². The van der Waals surface area contributed by atoms with Crippen molar-refractivity contribution in [2.24, 2.45) is 5.92 Å². The Bertz CT molecular complexity index is 554. The molecule has 1 aromatic rings. The molecule has 4 nitrogen and oxygen atoms in total. The van der Waals surface area contributed by atoms with Gasteiger partial charge in [0.25, 0.3) is 0 Å². The van der Waals surface area contributed by atoms with Crippen LogP contribution < -0.4 is 4.90 Å². The lowest BCUT2D eigenvalue weighted by Crippen LogP contribution is -2.35. The monoisotopic (exact) mass is 295 g/mol. The van der Waals surface area contributed by atoms with Crippen molar-refractivity contribution < 1.29 is 13.2 Å². The lowest BCUT2D eigenvalue weighted by atomic mass is 10.0. The largest absolute Gasteiger partial charge is 0.313 e. The van der Waals surface area contributed by atoms with Crippen molar-refractivity contribution in [2.75, 3.05) is 23.0 Å². The fourth-order valence-corrected chi connectivity index (χ4v) is 4.52. The predicted molar refractivity (Wildman–Crippen MR) is 80.5 cm³/mol. The molecule has 20 heavy (non-hydrogen) atoms. The van der Waals surface area contributed by atoms with E-state index in [0.717, 1.165) is 12.1 Å². The van der Waals surface area contributed by atoms with E-state index in [1.54, 1.807) is 4.90 Å². The Morgan fingerprint density at radius 3 is 2.60 bits per heavy atom. The molecule has 0 bridgehead atoms. The van der Waals surface area contributed by atoms with Gasteiger partial charge in [-0.05, 0) is 37.8 Å². The number of nitrogens with zero attached hydrogens (tertiary/aromatic N) is 1. The van der Waals surface area contributed by atoms with Crippen molar-refractivity contribution in [1.29, 1.82) is 0 Å². The van der Waals surface area contributed by atoms with Crippen LogP contribution in [0, 0.1) is 5.92 Å². The van der Waals surface area contributed by atoms with Crippen molar-refractivity contribution in [1.82, 2.24) is 0 Å². The molecule has 1 amide bonds. The summed E-state index contributed by atoms with van der Waals surface area (Å²) in [5, 5.41) is 0. The summed E-state index contributed by atoms with van der Waals surface area (Å²) < 4.78 is 23.3. The first kappa shape index (κ1) is 15.0. The maximum absolute atomic E-state index is 12.4. The summed E-state index contributed by atoms with van der Waals surface area (Å²) in [6.07, 6.45) is 1.83. The fourth-order valence-electron chi connectivity index (χ4n) is 2.75. The van der Waals surface area contributed by atoms with E-state index in [2.05, 4.69) is 0 Å². The van der Waals surface area contributed by atoms with Gasteiger partial charge in [-0.3, -0.25) is 4.79 Å². The maximum Gasteiger partial charge on any atom is 0.227 e. The summed E-state index contributed by atoms with van der Waals surface area (Å²) >= 11 is 0. The van der Waals surface area contributed by atoms with Crippen molar-refractivity contribution in [2.45, 2.75) is 26.2 Å². The van der Waals surface area contributed by atoms with Crippen LogP contribution in [0.1, 0.15) is 26.2 Å². The molecule has 1 aromatic carbocycles. The number of rotatable bonds is 4. The highest BCUT2D eigenvalue weighted by Crippen LogP contribution is 2.23. The Labute approximate surface area is 120 Å². The lowest BCUT2D eigenvalue weighted by Gasteiger charge is -2.26.